The second-order valence-corrected chi connectivity index (χ2v) is 15.4. The summed E-state index contributed by atoms with van der Waals surface area (Å²) >= 11 is 0. The molecule has 0 bridgehead atoms. The molecule has 0 fully saturated rings. The van der Waals surface area contributed by atoms with Gasteiger partial charge in [-0.3, -0.25) is 0 Å². The van der Waals surface area contributed by atoms with Crippen LogP contribution in [0.1, 0.15) is 27.7 Å². The van der Waals surface area contributed by atoms with Gasteiger partial charge in [0.05, 0.1) is 0 Å². The molecule has 8 aliphatic rings. The average Bonchev–Trinajstić information content (AvgIpc) is 3.38. The van der Waals surface area contributed by atoms with Gasteiger partial charge in [-0.05, 0) is 69.4 Å². The first kappa shape index (κ1) is 80.2. The molecule has 429 valence electrons. The van der Waals surface area contributed by atoms with Gasteiger partial charge in [0, 0.05) is 0 Å². The van der Waals surface area contributed by atoms with Crippen LogP contribution in [-0.2, 0) is 68.3 Å². The van der Waals surface area contributed by atoms with Gasteiger partial charge in [-0.15, -0.1) is 45.5 Å². The summed E-state index contributed by atoms with van der Waals surface area (Å²) in [5.41, 5.74) is 7.82. The molecular weight excluding hydrogens is 1200 g/mol. The van der Waals surface area contributed by atoms with E-state index in [-0.39, 0.29) is 90.2 Å². The summed E-state index contributed by atoms with van der Waals surface area (Å²) < 4.78 is 0. The van der Waals surface area contributed by atoms with Crippen molar-refractivity contribution >= 4 is 94.1 Å². The summed E-state index contributed by atoms with van der Waals surface area (Å²) in [5.74, 6) is 0. The van der Waals surface area contributed by atoms with E-state index >= 15 is 0 Å². The van der Waals surface area contributed by atoms with Gasteiger partial charge in [-0.2, -0.15) is 49.6 Å². The number of nitrogens with zero attached hydrogens (tertiary/aromatic N) is 8. The minimum atomic E-state index is -1.17. The van der Waals surface area contributed by atoms with Crippen molar-refractivity contribution in [2.24, 2.45) is 0 Å². The van der Waals surface area contributed by atoms with E-state index < -0.39 is 25.2 Å². The van der Waals surface area contributed by atoms with E-state index in [1.165, 1.54) is 27.7 Å². The molecule has 0 atom stereocenters. The van der Waals surface area contributed by atoms with Crippen LogP contribution in [0.4, 0.5) is 45.5 Å². The summed E-state index contributed by atoms with van der Waals surface area (Å²) in [6, 6.07) is 16.6. The summed E-state index contributed by atoms with van der Waals surface area (Å²) in [6.45, 7) is 5.11. The van der Waals surface area contributed by atoms with Crippen LogP contribution in [0.3, 0.4) is 0 Å². The molecule has 80 heavy (non-hydrogen) atoms. The zero-order chi connectivity index (χ0) is 51.8. The Morgan fingerprint density at radius 3 is 0.412 bits per heavy atom. The predicted octanol–water partition coefficient (Wildman–Crippen LogP) is 3.21. The molecular formula is C56H64Fe4N8O12+3. The number of allylic oxidation sites excluding steroid dienone is 8. The minimum Gasteiger partial charge on any atom is -0.665 e. The fraction of sp³-hybridized carbons (Fsp3) is 0.143. The van der Waals surface area contributed by atoms with Crippen LogP contribution >= 0.6 is 0 Å². The van der Waals surface area contributed by atoms with Crippen LogP contribution in [0, 0.1) is 0 Å². The van der Waals surface area contributed by atoms with Gasteiger partial charge in [0.15, 0.2) is 0 Å². The van der Waals surface area contributed by atoms with Crippen LogP contribution in [0.25, 0.3) is 91.1 Å². The van der Waals surface area contributed by atoms with Gasteiger partial charge in [0.25, 0.3) is 0 Å². The zero-order valence-corrected chi connectivity index (χ0v) is 47.8. The van der Waals surface area contributed by atoms with E-state index in [0.29, 0.717) is 0 Å². The second kappa shape index (κ2) is 42.6. The molecule has 0 saturated carbocycles. The van der Waals surface area contributed by atoms with Crippen molar-refractivity contribution in [1.82, 2.24) is 0 Å². The Morgan fingerprint density at radius 2 is 0.325 bits per heavy atom. The van der Waals surface area contributed by atoms with Gasteiger partial charge in [-0.1, -0.05) is 146 Å². The van der Waals surface area contributed by atoms with Crippen LogP contribution in [0.15, 0.2) is 147 Å². The van der Waals surface area contributed by atoms with Gasteiger partial charge >= 0.3 is 68.3 Å². The number of hydrogen-bond acceptors (Lipinski definition) is 8. The number of fused-ring (bicyclic) bond motifs is 12. The van der Waals surface area contributed by atoms with Crippen molar-refractivity contribution in [3.8, 4) is 0 Å². The van der Waals surface area contributed by atoms with E-state index in [2.05, 4.69) is 140 Å². The molecule has 4 aromatic carbocycles. The minimum absolute atomic E-state index is 0. The molecule has 0 aliphatic carbocycles. The molecule has 24 heteroatoms. The molecule has 20 nitrogen and oxygen atoms in total. The van der Waals surface area contributed by atoms with Crippen LogP contribution in [-0.4, -0.2) is 87.9 Å². The van der Waals surface area contributed by atoms with Crippen molar-refractivity contribution in [2.45, 2.75) is 52.9 Å². The molecule has 4 aromatic rings. The molecule has 8 heterocycles. The topological polar surface area (TPSA) is 401 Å². The molecule has 12 rings (SSSR count). The number of benzene rings is 4. The Morgan fingerprint density at radius 1 is 0.237 bits per heavy atom. The van der Waals surface area contributed by atoms with Crippen molar-refractivity contribution in [3.63, 3.8) is 0 Å². The van der Waals surface area contributed by atoms with Crippen molar-refractivity contribution < 1.29 is 131 Å². The van der Waals surface area contributed by atoms with Gasteiger partial charge in [0.2, 0.25) is 0 Å². The average molecular weight is 1260 g/mol. The first-order valence-corrected chi connectivity index (χ1v) is 22.5. The standard InChI is InChI=1S/4C12H8N2.4C2H6O2.4Fe.4H2O/c4*1-3-9-5-6-10-4-2-8-14-12(10)11(9)13-7-1;4*1-2(3)4;;;;;;;;/h4*1-8H;4*2-4H,1H3;;;;;4*1H2/q4*-2;;;;;+2;3*+3;;;;. The first-order chi connectivity index (χ1) is 34.7. The number of aliphatic hydroxyl groups is 8. The summed E-state index contributed by atoms with van der Waals surface area (Å²) in [5, 5.41) is 105. The second-order valence-electron chi connectivity index (χ2n) is 15.4. The Hall–Kier alpha value is -6.24. The Balaban J connectivity index is -0.000000428. The van der Waals surface area contributed by atoms with Gasteiger partial charge in [-0.25, -0.2) is 0 Å². The number of hydrogen-bond donors (Lipinski definition) is 8. The molecule has 3 radical (unpaired) electrons. The Kier molecular flexibility index (Phi) is 42.7. The van der Waals surface area contributed by atoms with Crippen LogP contribution in [0.2, 0.25) is 0 Å². The van der Waals surface area contributed by atoms with Gasteiger partial charge in [0.1, 0.15) is 25.2 Å². The van der Waals surface area contributed by atoms with Crippen LogP contribution < -0.4 is 41.7 Å². The van der Waals surface area contributed by atoms with Crippen molar-refractivity contribution in [1.29, 1.82) is 0 Å². The maximum absolute atomic E-state index is 7.61. The quantitative estimate of drug-likeness (QED) is 0.0952. The largest absolute Gasteiger partial charge is 3.00 e. The van der Waals surface area contributed by atoms with E-state index in [1.54, 1.807) is 49.6 Å². The Labute approximate surface area is 505 Å². The fourth-order valence-corrected chi connectivity index (χ4v) is 6.72. The SMILES string of the molecule is C1=C[N-]c2c3c(ccc2=C1)=CC=C[N-]3.C1=C[N-]c2c3c(ccc2=C1)=CC=C[N-]3.C1=C[N-]c2c3c(ccc2=C1)=CC=C[N-]3.C1=C[N-]c2c3c(ccc2=C1)=CC=C[N-]3.CC(O)O.CC(O)O.CC(O)O.CC(O)O.O.O.O.O.[Fe+2].[Fe+3].[Fe+3].[Fe+3]. The molecule has 0 spiro atoms. The third-order valence-electron chi connectivity index (χ3n) is 9.38. The first-order valence-electron chi connectivity index (χ1n) is 22.5. The molecule has 0 saturated heterocycles. The summed E-state index contributed by atoms with van der Waals surface area (Å²) in [4.78, 5) is 0. The monoisotopic (exact) mass is 1260 g/mol. The van der Waals surface area contributed by atoms with E-state index in [9.17, 15) is 0 Å². The normalized spacial score (nSPS) is 12.6. The number of aliphatic hydroxyl groups excluding tert-OH is 4. The third-order valence-corrected chi connectivity index (χ3v) is 9.38. The van der Waals surface area contributed by atoms with Crippen molar-refractivity contribution in [2.75, 3.05) is 0 Å². The fourth-order valence-electron chi connectivity index (χ4n) is 6.72. The third kappa shape index (κ3) is 25.9. The van der Waals surface area contributed by atoms with E-state index in [1.807, 2.05) is 48.6 Å². The maximum atomic E-state index is 7.61. The van der Waals surface area contributed by atoms with E-state index in [0.717, 1.165) is 87.2 Å². The van der Waals surface area contributed by atoms with Crippen molar-refractivity contribution in [3.05, 3.63) is 231 Å². The van der Waals surface area contributed by atoms with Crippen LogP contribution in [0.5, 0.6) is 0 Å². The Bertz CT molecular complexity index is 2660. The molecule has 0 unspecified atom stereocenters. The molecule has 8 aliphatic heterocycles. The molecule has 0 amide bonds. The number of rotatable bonds is 0. The van der Waals surface area contributed by atoms with Gasteiger partial charge < -0.3 is 105 Å². The maximum Gasteiger partial charge on any atom is 3.00 e. The molecule has 16 N–H and O–H groups in total. The summed E-state index contributed by atoms with van der Waals surface area (Å²) in [6.07, 6.45) is 41.7. The summed E-state index contributed by atoms with van der Waals surface area (Å²) in [7, 11) is 0. The smallest absolute Gasteiger partial charge is 0.665 e. The zero-order valence-electron chi connectivity index (χ0n) is 43.4. The molecule has 0 aromatic heterocycles. The van der Waals surface area contributed by atoms with E-state index in [4.69, 9.17) is 40.9 Å². The predicted molar refractivity (Wildman–Crippen MR) is 306 cm³/mol.